The minimum absolute atomic E-state index is 0.168. The highest BCUT2D eigenvalue weighted by molar-refractivity contribution is 7.89. The molecule has 109 heavy (non-hydrogen) atoms. The summed E-state index contributed by atoms with van der Waals surface area (Å²) >= 11 is 0. The molecule has 572 valence electrons. The second kappa shape index (κ2) is 36.1. The van der Waals surface area contributed by atoms with Crippen molar-refractivity contribution in [1.29, 1.82) is 0 Å². The van der Waals surface area contributed by atoms with Crippen LogP contribution in [-0.4, -0.2) is 117 Å². The number of nitrogens with zero attached hydrogens (tertiary/aromatic N) is 2. The molecule has 0 amide bonds. The Kier molecular flexibility index (Phi) is 27.3. The molecule has 2 N–H and O–H groups in total. The van der Waals surface area contributed by atoms with Crippen molar-refractivity contribution in [2.45, 2.75) is 111 Å². The molecule has 0 radical (unpaired) electrons. The van der Waals surface area contributed by atoms with Crippen LogP contribution in [0.15, 0.2) is 204 Å². The van der Waals surface area contributed by atoms with Gasteiger partial charge in [-0.05, 0) is 251 Å². The molecule has 20 heteroatoms. The lowest BCUT2D eigenvalue weighted by atomic mass is 9.90. The monoisotopic (exact) mass is 1540 g/mol. The molecule has 0 saturated carbocycles. The van der Waals surface area contributed by atoms with E-state index >= 15 is 0 Å². The number of aryl methyl sites for hydroxylation is 8. The molecule has 3 heterocycles. The molecule has 1 fully saturated rings. The Morgan fingerprint density at radius 1 is 0.422 bits per heavy atom. The van der Waals surface area contributed by atoms with Crippen molar-refractivity contribution in [1.82, 2.24) is 19.2 Å². The maximum atomic E-state index is 12.4. The highest BCUT2D eigenvalue weighted by Gasteiger charge is 2.27. The first-order valence-corrected chi connectivity index (χ1v) is 43.2. The van der Waals surface area contributed by atoms with E-state index in [1.54, 1.807) is 43.3 Å². The summed E-state index contributed by atoms with van der Waals surface area (Å²) in [4.78, 5) is 4.21. The number of fused-ring (bicyclic) bond motifs is 4. The highest BCUT2D eigenvalue weighted by Crippen LogP contribution is 2.41. The van der Waals surface area contributed by atoms with Crippen molar-refractivity contribution in [3.8, 4) is 23.0 Å². The predicted molar refractivity (Wildman–Crippen MR) is 437 cm³/mol. The number of piperazine rings is 1. The van der Waals surface area contributed by atoms with Gasteiger partial charge in [-0.1, -0.05) is 159 Å². The van der Waals surface area contributed by atoms with Crippen molar-refractivity contribution in [3.05, 3.63) is 315 Å². The summed E-state index contributed by atoms with van der Waals surface area (Å²) in [7, 11) is -13.3. The third kappa shape index (κ3) is 21.5. The topological polar surface area (TPSA) is 232 Å². The van der Waals surface area contributed by atoms with Crippen molar-refractivity contribution < 1.29 is 52.3 Å². The van der Waals surface area contributed by atoms with E-state index in [2.05, 4.69) is 167 Å². The van der Waals surface area contributed by atoms with Gasteiger partial charge in [0.2, 0.25) is 20.0 Å². The van der Waals surface area contributed by atoms with Crippen LogP contribution >= 0.6 is 0 Å². The van der Waals surface area contributed by atoms with E-state index < -0.39 is 40.3 Å². The standard InChI is InChI=1S/2C37H32O4S.C10H23N3O2S.C5H13NO2S/c2*1-23-9-7-10-24(2)32(23)19-27-15-17-29-34(21-27)41-35-22-28(20-33-25(3)11-8-12-26(33)4)16-18-30(35)37(29)31-13-5-6-14-36(31)42(38,39)40;1-3-16(14,15)11-5-4-6-13-9-7-12(2)8-10-13;1-3-4-5-6-9(2,7)8/h2*5-19,21-22H,20H2,1-4H3,(H,38,39,40);11H,3-10H2,1-2H3;6H,3-5H2,1-2H3/p-2/b2*27-19+;;. The van der Waals surface area contributed by atoms with E-state index in [0.29, 0.717) is 58.4 Å². The summed E-state index contributed by atoms with van der Waals surface area (Å²) < 4.78 is 135. The fraction of sp³-hybridized carbons (Fsp3) is 0.281. The SMILES string of the molecule is CCCCNS(C)(=O)=O.CCS(=O)(=O)NCCCN1CCN(C)CC1.Cc1cccc(C)c1/C=c1\ccc2c(c1)Oc1cc(Cc3c(C)cccc3C)ccc1C=2c1ccccc1S(=O)(=O)[O-].Cc1cccc(C)c1/C=c1\ccc2c(c1)Oc1cc(Cc3c(C)cccc3C)ccc1C=2c1ccccc1S(=O)(=O)[O-]. The fourth-order valence-corrected chi connectivity index (χ4v) is 16.5. The summed E-state index contributed by atoms with van der Waals surface area (Å²) in [6.07, 6.45) is 9.74. The predicted octanol–water partition coefficient (Wildman–Crippen LogP) is 13.1. The van der Waals surface area contributed by atoms with E-state index in [1.807, 2.05) is 79.7 Å². The molecule has 1 saturated heterocycles. The molecule has 0 bridgehead atoms. The van der Waals surface area contributed by atoms with Gasteiger partial charge in [0.25, 0.3) is 0 Å². The van der Waals surface area contributed by atoms with Gasteiger partial charge < -0.3 is 28.4 Å². The van der Waals surface area contributed by atoms with Gasteiger partial charge in [-0.2, -0.15) is 0 Å². The largest absolute Gasteiger partial charge is 0.744 e. The van der Waals surface area contributed by atoms with E-state index in [1.165, 1.54) is 74.0 Å². The zero-order valence-corrected chi connectivity index (χ0v) is 67.5. The smallest absolute Gasteiger partial charge is 0.211 e. The van der Waals surface area contributed by atoms with E-state index in [-0.39, 0.29) is 15.5 Å². The molecular weight excluding hydrogens is 1450 g/mol. The first-order chi connectivity index (χ1) is 51.8. The van der Waals surface area contributed by atoms with Gasteiger partial charge in [-0.25, -0.2) is 43.1 Å². The number of ether oxygens (including phenoxy) is 2. The molecule has 13 rings (SSSR count). The molecule has 16 nitrogen and oxygen atoms in total. The zero-order chi connectivity index (χ0) is 78.5. The van der Waals surface area contributed by atoms with E-state index in [4.69, 9.17) is 9.47 Å². The van der Waals surface area contributed by atoms with Crippen molar-refractivity contribution in [3.63, 3.8) is 0 Å². The van der Waals surface area contributed by atoms with E-state index in [9.17, 15) is 42.8 Å². The molecule has 0 atom stereocenters. The van der Waals surface area contributed by atoms with Gasteiger partial charge in [0.1, 0.15) is 43.2 Å². The molecule has 3 aliphatic heterocycles. The summed E-state index contributed by atoms with van der Waals surface area (Å²) in [5.41, 5.74) is 20.2. The number of hydrogen-bond acceptors (Lipinski definition) is 14. The lowest BCUT2D eigenvalue weighted by Gasteiger charge is -2.32. The van der Waals surface area contributed by atoms with Gasteiger partial charge in [0, 0.05) is 83.1 Å². The summed E-state index contributed by atoms with van der Waals surface area (Å²) in [5.74, 6) is 2.65. The van der Waals surface area contributed by atoms with Crippen LogP contribution in [0.5, 0.6) is 23.0 Å². The Balaban J connectivity index is 0.000000178. The number of sulfonamides is 2. The average Bonchev–Trinajstić information content (AvgIpc) is 0.748. The minimum Gasteiger partial charge on any atom is -0.744 e. The second-order valence-electron chi connectivity index (χ2n) is 28.3. The van der Waals surface area contributed by atoms with Crippen LogP contribution in [0.2, 0.25) is 0 Å². The molecule has 0 aromatic heterocycles. The van der Waals surface area contributed by atoms with Gasteiger partial charge >= 0.3 is 0 Å². The minimum atomic E-state index is -4.72. The van der Waals surface area contributed by atoms with Crippen LogP contribution in [-0.2, 0) is 53.1 Å². The van der Waals surface area contributed by atoms with E-state index in [0.717, 1.165) is 119 Å². The lowest BCUT2D eigenvalue weighted by Crippen LogP contribution is -2.45. The van der Waals surface area contributed by atoms with Crippen LogP contribution in [0.1, 0.15) is 133 Å². The Morgan fingerprint density at radius 3 is 1.18 bits per heavy atom. The fourth-order valence-electron chi connectivity index (χ4n) is 13.9. The number of benzene rings is 10. The lowest BCUT2D eigenvalue weighted by molar-refractivity contribution is 0.153. The molecule has 0 aliphatic carbocycles. The Bertz CT molecular complexity index is 5390. The van der Waals surface area contributed by atoms with Crippen LogP contribution in [0.25, 0.3) is 23.3 Å². The molecular formula is C89H98N4O12S4-2. The van der Waals surface area contributed by atoms with Crippen molar-refractivity contribution in [2.24, 2.45) is 0 Å². The quantitative estimate of drug-likeness (QED) is 0.0534. The molecule has 0 unspecified atom stereocenters. The summed E-state index contributed by atoms with van der Waals surface area (Å²) in [5, 5.41) is 3.40. The summed E-state index contributed by atoms with van der Waals surface area (Å²) in [6, 6.07) is 61.8. The highest BCUT2D eigenvalue weighted by atomic mass is 32.2. The zero-order valence-electron chi connectivity index (χ0n) is 64.2. The third-order valence-corrected chi connectivity index (χ3v) is 24.0. The average molecular weight is 1540 g/mol. The van der Waals surface area contributed by atoms with Crippen molar-refractivity contribution in [2.75, 3.05) is 64.9 Å². The van der Waals surface area contributed by atoms with Gasteiger partial charge in [0.15, 0.2) is 0 Å². The molecule has 0 spiro atoms. The Hall–Kier alpha value is -9.16. The number of rotatable bonds is 20. The number of unbranched alkanes of at least 4 members (excludes halogenated alkanes) is 1. The number of likely N-dealkylation sites (N-methyl/N-ethyl adjacent to an activating group) is 1. The molecule has 10 aromatic rings. The van der Waals surface area contributed by atoms with Crippen LogP contribution < -0.4 is 39.8 Å². The Labute approximate surface area is 644 Å². The normalized spacial score (nSPS) is 13.9. The van der Waals surface area contributed by atoms with Crippen molar-refractivity contribution >= 4 is 63.6 Å². The summed E-state index contributed by atoms with van der Waals surface area (Å²) in [6.45, 7) is 27.0. The van der Waals surface area contributed by atoms with Gasteiger partial charge in [0.05, 0.1) is 21.8 Å². The first-order valence-electron chi connectivity index (χ1n) is 36.8. The van der Waals surface area contributed by atoms with Crippen LogP contribution in [0.4, 0.5) is 0 Å². The second-order valence-corrected chi connectivity index (χ2v) is 35.0. The third-order valence-electron chi connectivity index (χ3n) is 20.1. The maximum Gasteiger partial charge on any atom is 0.211 e. The number of hydrogen-bond donors (Lipinski definition) is 2. The maximum absolute atomic E-state index is 12.4. The molecule has 10 aromatic carbocycles. The first kappa shape index (κ1) is 82.3. The van der Waals surface area contributed by atoms with Gasteiger partial charge in [-0.15, -0.1) is 0 Å². The van der Waals surface area contributed by atoms with Gasteiger partial charge in [-0.3, -0.25) is 0 Å². The van der Waals surface area contributed by atoms with Crippen LogP contribution in [0.3, 0.4) is 0 Å². The molecule has 3 aliphatic rings. The Morgan fingerprint density at radius 2 is 0.807 bits per heavy atom. The number of nitrogens with one attached hydrogen (secondary N) is 2. The van der Waals surface area contributed by atoms with Crippen LogP contribution in [0, 0.1) is 55.4 Å².